The highest BCUT2D eigenvalue weighted by atomic mass is 14.9. The van der Waals surface area contributed by atoms with Crippen molar-refractivity contribution in [2.75, 3.05) is 0 Å². The minimum atomic E-state index is 0.591. The molecule has 1 saturated carbocycles. The Bertz CT molecular complexity index is 497. The van der Waals surface area contributed by atoms with Crippen LogP contribution in [0.2, 0.25) is 0 Å². The maximum Gasteiger partial charge on any atom is 0.0502 e. The molecule has 0 unspecified atom stereocenters. The molecule has 3 rings (SSSR count). The SMILES string of the molecule is NCc1cccc2c(CNC3CC3)c[nH]c12. The van der Waals surface area contributed by atoms with E-state index in [0.717, 1.165) is 12.6 Å². The van der Waals surface area contributed by atoms with Gasteiger partial charge < -0.3 is 16.0 Å². The van der Waals surface area contributed by atoms with Gasteiger partial charge in [-0.2, -0.15) is 0 Å². The van der Waals surface area contributed by atoms with E-state index in [0.29, 0.717) is 6.54 Å². The van der Waals surface area contributed by atoms with Gasteiger partial charge in [-0.15, -0.1) is 0 Å². The van der Waals surface area contributed by atoms with Gasteiger partial charge in [-0.3, -0.25) is 0 Å². The molecular weight excluding hydrogens is 198 g/mol. The Morgan fingerprint density at radius 2 is 2.19 bits per heavy atom. The molecule has 0 bridgehead atoms. The fourth-order valence-corrected chi connectivity index (χ4v) is 2.13. The van der Waals surface area contributed by atoms with Gasteiger partial charge in [-0.25, -0.2) is 0 Å². The molecule has 1 aromatic heterocycles. The molecule has 84 valence electrons. The summed E-state index contributed by atoms with van der Waals surface area (Å²) < 4.78 is 0. The number of rotatable bonds is 4. The summed E-state index contributed by atoms with van der Waals surface area (Å²) in [6.45, 7) is 1.55. The molecule has 3 heteroatoms. The zero-order chi connectivity index (χ0) is 11.0. The van der Waals surface area contributed by atoms with E-state index in [-0.39, 0.29) is 0 Å². The Labute approximate surface area is 95.0 Å². The third-order valence-electron chi connectivity index (χ3n) is 3.27. The molecule has 1 aliphatic carbocycles. The van der Waals surface area contributed by atoms with Crippen LogP contribution in [0.25, 0.3) is 10.9 Å². The molecule has 3 nitrogen and oxygen atoms in total. The standard InChI is InChI=1S/C13H17N3/c14-6-9-2-1-3-12-10(8-16-13(9)12)7-15-11-4-5-11/h1-3,8,11,15-16H,4-7,14H2. The number of hydrogen-bond donors (Lipinski definition) is 3. The van der Waals surface area contributed by atoms with Crippen molar-refractivity contribution < 1.29 is 0 Å². The van der Waals surface area contributed by atoms with Crippen molar-refractivity contribution in [1.29, 1.82) is 0 Å². The molecule has 1 aliphatic rings. The lowest BCUT2D eigenvalue weighted by molar-refractivity contribution is 0.691. The second-order valence-corrected chi connectivity index (χ2v) is 4.51. The van der Waals surface area contributed by atoms with Crippen LogP contribution in [0.1, 0.15) is 24.0 Å². The zero-order valence-corrected chi connectivity index (χ0v) is 9.29. The van der Waals surface area contributed by atoms with Gasteiger partial charge in [0.2, 0.25) is 0 Å². The van der Waals surface area contributed by atoms with Gasteiger partial charge in [0.05, 0.1) is 5.52 Å². The first kappa shape index (κ1) is 9.87. The number of benzene rings is 1. The number of para-hydroxylation sites is 1. The van der Waals surface area contributed by atoms with Crippen molar-refractivity contribution in [3.05, 3.63) is 35.5 Å². The summed E-state index contributed by atoms with van der Waals surface area (Å²) in [5.74, 6) is 0. The quantitative estimate of drug-likeness (QED) is 0.729. The van der Waals surface area contributed by atoms with E-state index in [9.17, 15) is 0 Å². The molecule has 0 aliphatic heterocycles. The average Bonchev–Trinajstić information content (AvgIpc) is 3.06. The van der Waals surface area contributed by atoms with Crippen LogP contribution in [0.3, 0.4) is 0 Å². The smallest absolute Gasteiger partial charge is 0.0502 e. The molecule has 0 atom stereocenters. The summed E-state index contributed by atoms with van der Waals surface area (Å²) >= 11 is 0. The summed E-state index contributed by atoms with van der Waals surface area (Å²) in [6.07, 6.45) is 4.76. The van der Waals surface area contributed by atoms with E-state index < -0.39 is 0 Å². The van der Waals surface area contributed by atoms with E-state index in [1.807, 2.05) is 0 Å². The summed E-state index contributed by atoms with van der Waals surface area (Å²) in [5, 5.41) is 4.84. The number of nitrogens with two attached hydrogens (primary N) is 1. The second-order valence-electron chi connectivity index (χ2n) is 4.51. The van der Waals surface area contributed by atoms with Crippen molar-refractivity contribution >= 4 is 10.9 Å². The molecule has 16 heavy (non-hydrogen) atoms. The Kier molecular flexibility index (Phi) is 2.42. The predicted molar refractivity (Wildman–Crippen MR) is 66.1 cm³/mol. The summed E-state index contributed by atoms with van der Waals surface area (Å²) in [7, 11) is 0. The lowest BCUT2D eigenvalue weighted by Crippen LogP contribution is -2.14. The monoisotopic (exact) mass is 215 g/mol. The van der Waals surface area contributed by atoms with Crippen molar-refractivity contribution in [1.82, 2.24) is 10.3 Å². The predicted octanol–water partition coefficient (Wildman–Crippen LogP) is 1.88. The van der Waals surface area contributed by atoms with Crippen LogP contribution < -0.4 is 11.1 Å². The van der Waals surface area contributed by atoms with E-state index in [1.54, 1.807) is 0 Å². The van der Waals surface area contributed by atoms with Crippen LogP contribution >= 0.6 is 0 Å². The highest BCUT2D eigenvalue weighted by Gasteiger charge is 2.20. The van der Waals surface area contributed by atoms with Crippen LogP contribution in [-0.4, -0.2) is 11.0 Å². The molecule has 1 fully saturated rings. The van der Waals surface area contributed by atoms with Gasteiger partial charge in [0.15, 0.2) is 0 Å². The lowest BCUT2D eigenvalue weighted by Gasteiger charge is -2.02. The van der Waals surface area contributed by atoms with E-state index in [2.05, 4.69) is 34.7 Å². The Hall–Kier alpha value is -1.32. The van der Waals surface area contributed by atoms with Gasteiger partial charge in [-0.1, -0.05) is 18.2 Å². The topological polar surface area (TPSA) is 53.8 Å². The van der Waals surface area contributed by atoms with E-state index in [4.69, 9.17) is 5.73 Å². The van der Waals surface area contributed by atoms with E-state index in [1.165, 1.54) is 34.9 Å². The lowest BCUT2D eigenvalue weighted by atomic mass is 10.1. The Morgan fingerprint density at radius 1 is 1.31 bits per heavy atom. The van der Waals surface area contributed by atoms with Crippen LogP contribution in [0.5, 0.6) is 0 Å². The number of H-pyrrole nitrogens is 1. The number of nitrogens with one attached hydrogen (secondary N) is 2. The minimum Gasteiger partial charge on any atom is -0.361 e. The molecule has 1 heterocycles. The largest absolute Gasteiger partial charge is 0.361 e. The summed E-state index contributed by atoms with van der Waals surface area (Å²) in [4.78, 5) is 3.33. The molecule has 0 spiro atoms. The zero-order valence-electron chi connectivity index (χ0n) is 9.29. The molecule has 2 aromatic rings. The van der Waals surface area contributed by atoms with Crippen LogP contribution in [0, 0.1) is 0 Å². The van der Waals surface area contributed by atoms with Gasteiger partial charge in [-0.05, 0) is 24.0 Å². The highest BCUT2D eigenvalue weighted by molar-refractivity contribution is 5.86. The van der Waals surface area contributed by atoms with E-state index >= 15 is 0 Å². The number of fused-ring (bicyclic) bond motifs is 1. The first-order valence-corrected chi connectivity index (χ1v) is 5.90. The van der Waals surface area contributed by atoms with Gasteiger partial charge in [0, 0.05) is 30.7 Å². The van der Waals surface area contributed by atoms with Gasteiger partial charge >= 0.3 is 0 Å². The third kappa shape index (κ3) is 1.72. The number of aromatic amines is 1. The average molecular weight is 215 g/mol. The first-order valence-electron chi connectivity index (χ1n) is 5.90. The number of hydrogen-bond acceptors (Lipinski definition) is 2. The Morgan fingerprint density at radius 3 is 2.94 bits per heavy atom. The van der Waals surface area contributed by atoms with Gasteiger partial charge in [0.1, 0.15) is 0 Å². The Balaban J connectivity index is 1.92. The van der Waals surface area contributed by atoms with Crippen molar-refractivity contribution in [2.45, 2.75) is 32.0 Å². The summed E-state index contributed by atoms with van der Waals surface area (Å²) in [5.41, 5.74) is 9.45. The minimum absolute atomic E-state index is 0.591. The van der Waals surface area contributed by atoms with Gasteiger partial charge in [0.25, 0.3) is 0 Å². The first-order chi connectivity index (χ1) is 7.88. The maximum absolute atomic E-state index is 5.72. The van der Waals surface area contributed by atoms with Crippen LogP contribution in [0.4, 0.5) is 0 Å². The fraction of sp³-hybridized carbons (Fsp3) is 0.385. The maximum atomic E-state index is 5.72. The molecule has 0 amide bonds. The second kappa shape index (κ2) is 3.92. The molecular formula is C13H17N3. The summed E-state index contributed by atoms with van der Waals surface area (Å²) in [6, 6.07) is 7.08. The van der Waals surface area contributed by atoms with Crippen molar-refractivity contribution in [2.24, 2.45) is 5.73 Å². The highest BCUT2D eigenvalue weighted by Crippen LogP contribution is 2.23. The molecule has 4 N–H and O–H groups in total. The normalized spacial score (nSPS) is 15.8. The molecule has 1 aromatic carbocycles. The van der Waals surface area contributed by atoms with Crippen molar-refractivity contribution in [3.8, 4) is 0 Å². The van der Waals surface area contributed by atoms with Crippen molar-refractivity contribution in [3.63, 3.8) is 0 Å². The number of aromatic nitrogens is 1. The van der Waals surface area contributed by atoms with Crippen LogP contribution in [0.15, 0.2) is 24.4 Å². The van der Waals surface area contributed by atoms with Crippen LogP contribution in [-0.2, 0) is 13.1 Å². The fourth-order valence-electron chi connectivity index (χ4n) is 2.13. The molecule has 0 saturated heterocycles. The third-order valence-corrected chi connectivity index (χ3v) is 3.27. The molecule has 0 radical (unpaired) electrons.